The second kappa shape index (κ2) is 10.4. The molecule has 30 heavy (non-hydrogen) atoms. The Morgan fingerprint density at radius 3 is 2.67 bits per heavy atom. The number of carbonyl (C=O) groups is 1. The van der Waals surface area contributed by atoms with Gasteiger partial charge >= 0.3 is 0 Å². The number of carbonyl (C=O) groups excluding carboxylic acids is 1. The van der Waals surface area contributed by atoms with E-state index in [1.54, 1.807) is 0 Å². The van der Waals surface area contributed by atoms with E-state index in [4.69, 9.17) is 4.99 Å². The number of likely N-dealkylation sites (tertiary alicyclic amines) is 1. The Morgan fingerprint density at radius 2 is 2.03 bits per heavy atom. The Morgan fingerprint density at radius 1 is 1.27 bits per heavy atom. The van der Waals surface area contributed by atoms with Crippen LogP contribution in [0.1, 0.15) is 58.9 Å². The minimum atomic E-state index is 0.0247. The molecule has 3 rings (SSSR count). The standard InChI is InChI=1S/C26H35N3O/c1-5-11-22(29-15-10-12-19(29)3)16-23-24(18-28-26(23)30)20(4)25(6-2)27-17-21-13-8-7-9-14-21/h7-9,11,13-14,16,19H,5-6,10,12,15,17-18H2,1-4H3,(H,28,30)/b22-11-,23-16+,24-20+,27-25?. The van der Waals surface area contributed by atoms with Crippen LogP contribution >= 0.6 is 0 Å². The summed E-state index contributed by atoms with van der Waals surface area (Å²) < 4.78 is 0. The first kappa shape index (κ1) is 22.1. The summed E-state index contributed by atoms with van der Waals surface area (Å²) in [7, 11) is 0. The van der Waals surface area contributed by atoms with Gasteiger partial charge in [0.2, 0.25) is 0 Å². The van der Waals surface area contributed by atoms with Crippen LogP contribution in [0.2, 0.25) is 0 Å². The Labute approximate surface area is 181 Å². The SMILES string of the molecule is CC/C=C(/C=C1/C(=O)NC/C1=C(/C)C(CC)=NCc1ccccc1)N1CCCC1C. The minimum Gasteiger partial charge on any atom is -0.369 e. The number of hydrogen-bond donors (Lipinski definition) is 1. The fraction of sp³-hybridized carbons (Fsp3) is 0.462. The van der Waals surface area contributed by atoms with Gasteiger partial charge in [-0.2, -0.15) is 0 Å². The molecule has 2 fully saturated rings. The molecule has 0 aromatic heterocycles. The highest BCUT2D eigenvalue weighted by molar-refractivity contribution is 6.07. The molecule has 160 valence electrons. The van der Waals surface area contributed by atoms with Crippen molar-refractivity contribution < 1.29 is 4.79 Å². The lowest BCUT2D eigenvalue weighted by molar-refractivity contribution is -0.116. The second-order valence-corrected chi connectivity index (χ2v) is 8.17. The van der Waals surface area contributed by atoms with Crippen molar-refractivity contribution in [3.63, 3.8) is 0 Å². The third kappa shape index (κ3) is 5.10. The van der Waals surface area contributed by atoms with Crippen LogP contribution in [0.15, 0.2) is 69.9 Å². The molecule has 4 heteroatoms. The van der Waals surface area contributed by atoms with Gasteiger partial charge in [0.25, 0.3) is 5.91 Å². The van der Waals surface area contributed by atoms with E-state index in [0.29, 0.717) is 19.1 Å². The van der Waals surface area contributed by atoms with Gasteiger partial charge in [-0.05, 0) is 62.3 Å². The summed E-state index contributed by atoms with van der Waals surface area (Å²) in [6, 6.07) is 10.8. The van der Waals surface area contributed by atoms with E-state index in [1.165, 1.54) is 24.1 Å². The van der Waals surface area contributed by atoms with Gasteiger partial charge in [0, 0.05) is 36.1 Å². The first-order valence-corrected chi connectivity index (χ1v) is 11.3. The normalized spacial score (nSPS) is 23.3. The number of rotatable bonds is 7. The van der Waals surface area contributed by atoms with Crippen LogP contribution in [0.25, 0.3) is 0 Å². The van der Waals surface area contributed by atoms with Crippen LogP contribution in [0.3, 0.4) is 0 Å². The molecule has 1 unspecified atom stereocenters. The van der Waals surface area contributed by atoms with E-state index in [2.05, 4.69) is 62.2 Å². The highest BCUT2D eigenvalue weighted by Crippen LogP contribution is 2.28. The summed E-state index contributed by atoms with van der Waals surface area (Å²) in [5.41, 5.74) is 6.47. The Bertz CT molecular complexity index is 877. The molecule has 2 aliphatic rings. The summed E-state index contributed by atoms with van der Waals surface area (Å²) in [6.45, 7) is 11.0. The largest absolute Gasteiger partial charge is 0.369 e. The van der Waals surface area contributed by atoms with E-state index in [0.717, 1.165) is 41.8 Å². The lowest BCUT2D eigenvalue weighted by Crippen LogP contribution is -2.26. The predicted octanol–water partition coefficient (Wildman–Crippen LogP) is 5.19. The molecule has 0 aliphatic carbocycles. The van der Waals surface area contributed by atoms with Crippen LogP contribution in [-0.2, 0) is 11.3 Å². The molecular formula is C26H35N3O. The third-order valence-electron chi connectivity index (χ3n) is 6.10. The van der Waals surface area contributed by atoms with E-state index in [9.17, 15) is 4.79 Å². The zero-order valence-electron chi connectivity index (χ0n) is 18.9. The number of hydrogen-bond acceptors (Lipinski definition) is 3. The zero-order valence-corrected chi connectivity index (χ0v) is 18.9. The van der Waals surface area contributed by atoms with E-state index >= 15 is 0 Å². The number of aliphatic imine (C=N–C) groups is 1. The summed E-state index contributed by atoms with van der Waals surface area (Å²) >= 11 is 0. The molecule has 4 nitrogen and oxygen atoms in total. The molecule has 0 saturated carbocycles. The van der Waals surface area contributed by atoms with E-state index < -0.39 is 0 Å². The lowest BCUT2D eigenvalue weighted by Gasteiger charge is -2.25. The topological polar surface area (TPSA) is 44.7 Å². The van der Waals surface area contributed by atoms with Crippen molar-refractivity contribution in [3.05, 3.63) is 70.5 Å². The lowest BCUT2D eigenvalue weighted by atomic mass is 9.97. The molecule has 1 atom stereocenters. The van der Waals surface area contributed by atoms with Crippen LogP contribution < -0.4 is 5.32 Å². The van der Waals surface area contributed by atoms with Crippen molar-refractivity contribution in [1.82, 2.24) is 10.2 Å². The van der Waals surface area contributed by atoms with Gasteiger partial charge in [0.1, 0.15) is 0 Å². The summed E-state index contributed by atoms with van der Waals surface area (Å²) in [5, 5.41) is 3.04. The Kier molecular flexibility index (Phi) is 7.67. The molecule has 1 amide bonds. The average Bonchev–Trinajstić information content (AvgIpc) is 3.34. The maximum atomic E-state index is 12.7. The van der Waals surface area contributed by atoms with Gasteiger partial charge in [0.15, 0.2) is 0 Å². The van der Waals surface area contributed by atoms with Gasteiger partial charge < -0.3 is 10.2 Å². The average molecular weight is 406 g/mol. The summed E-state index contributed by atoms with van der Waals surface area (Å²) in [4.78, 5) is 20.0. The summed E-state index contributed by atoms with van der Waals surface area (Å²) in [5.74, 6) is 0.0247. The van der Waals surface area contributed by atoms with Gasteiger partial charge in [-0.1, -0.05) is 50.3 Å². The fourth-order valence-corrected chi connectivity index (χ4v) is 4.36. The van der Waals surface area contributed by atoms with Crippen molar-refractivity contribution in [2.75, 3.05) is 13.1 Å². The van der Waals surface area contributed by atoms with Crippen molar-refractivity contribution in [2.45, 2.75) is 66.0 Å². The van der Waals surface area contributed by atoms with E-state index in [-0.39, 0.29) is 5.91 Å². The highest BCUT2D eigenvalue weighted by atomic mass is 16.2. The number of benzene rings is 1. The number of amides is 1. The molecular weight excluding hydrogens is 370 g/mol. The smallest absolute Gasteiger partial charge is 0.251 e. The van der Waals surface area contributed by atoms with Crippen LogP contribution in [0, 0.1) is 0 Å². The molecule has 1 N–H and O–H groups in total. The highest BCUT2D eigenvalue weighted by Gasteiger charge is 2.28. The van der Waals surface area contributed by atoms with Gasteiger partial charge in [-0.25, -0.2) is 0 Å². The maximum Gasteiger partial charge on any atom is 0.251 e. The zero-order chi connectivity index (χ0) is 21.5. The van der Waals surface area contributed by atoms with Crippen molar-refractivity contribution in [2.24, 2.45) is 4.99 Å². The molecule has 2 aliphatic heterocycles. The van der Waals surface area contributed by atoms with Crippen molar-refractivity contribution in [1.29, 1.82) is 0 Å². The Balaban J connectivity index is 1.93. The first-order valence-electron chi connectivity index (χ1n) is 11.3. The van der Waals surface area contributed by atoms with Crippen LogP contribution in [0.5, 0.6) is 0 Å². The van der Waals surface area contributed by atoms with Gasteiger partial charge in [-0.15, -0.1) is 0 Å². The maximum absolute atomic E-state index is 12.7. The molecule has 0 spiro atoms. The third-order valence-corrected chi connectivity index (χ3v) is 6.10. The number of nitrogens with zero attached hydrogens (tertiary/aromatic N) is 2. The van der Waals surface area contributed by atoms with Gasteiger partial charge in [0.05, 0.1) is 6.54 Å². The quantitative estimate of drug-likeness (QED) is 0.501. The van der Waals surface area contributed by atoms with Crippen LogP contribution in [-0.4, -0.2) is 35.7 Å². The first-order chi connectivity index (χ1) is 14.5. The number of allylic oxidation sites excluding steroid dienone is 3. The van der Waals surface area contributed by atoms with E-state index in [1.807, 2.05) is 18.2 Å². The van der Waals surface area contributed by atoms with Crippen molar-refractivity contribution >= 4 is 11.6 Å². The predicted molar refractivity (Wildman–Crippen MR) is 125 cm³/mol. The molecule has 2 heterocycles. The summed E-state index contributed by atoms with van der Waals surface area (Å²) in [6.07, 6.45) is 8.59. The Hall–Kier alpha value is -2.62. The second-order valence-electron chi connectivity index (χ2n) is 8.17. The fourth-order valence-electron chi connectivity index (χ4n) is 4.36. The molecule has 0 radical (unpaired) electrons. The van der Waals surface area contributed by atoms with Crippen LogP contribution in [0.4, 0.5) is 0 Å². The monoisotopic (exact) mass is 405 g/mol. The minimum absolute atomic E-state index is 0.0247. The number of nitrogens with one attached hydrogen (secondary N) is 1. The van der Waals surface area contributed by atoms with Gasteiger partial charge in [-0.3, -0.25) is 9.79 Å². The molecule has 1 aromatic rings. The molecule has 2 saturated heterocycles. The molecule has 1 aromatic carbocycles. The van der Waals surface area contributed by atoms with Crippen molar-refractivity contribution in [3.8, 4) is 0 Å². The molecule has 0 bridgehead atoms.